The van der Waals surface area contributed by atoms with Crippen molar-refractivity contribution in [3.8, 4) is 0 Å². The lowest BCUT2D eigenvalue weighted by atomic mass is 9.73. The van der Waals surface area contributed by atoms with Gasteiger partial charge >= 0.3 is 5.97 Å². The first-order valence-electron chi connectivity index (χ1n) is 20.7. The predicted molar refractivity (Wildman–Crippen MR) is 248 cm³/mol. The summed E-state index contributed by atoms with van der Waals surface area (Å²) < 4.78 is 20.9. The topological polar surface area (TPSA) is 95.0 Å². The molecule has 0 aliphatic rings. The van der Waals surface area contributed by atoms with E-state index in [9.17, 15) is 14.7 Å². The number of nitrogens with zero attached hydrogens (tertiary/aromatic N) is 1. The fourth-order valence-corrected chi connectivity index (χ4v) is 10.6. The molecule has 0 fully saturated rings. The molecule has 1 aromatic rings. The van der Waals surface area contributed by atoms with Gasteiger partial charge in [-0.2, -0.15) is 0 Å². The summed E-state index contributed by atoms with van der Waals surface area (Å²) in [6.07, 6.45) is 9.02. The molecule has 0 aromatic carbocycles. The minimum absolute atomic E-state index is 0.0218. The number of carbonyl (C=O) groups excluding carboxylic acids is 1. The molecule has 0 radical (unpaired) electrons. The molecule has 0 spiro atoms. The predicted octanol–water partition coefficient (Wildman–Crippen LogP) is 13.7. The van der Waals surface area contributed by atoms with Crippen molar-refractivity contribution in [2.24, 2.45) is 17.3 Å². The molecule has 322 valence electrons. The summed E-state index contributed by atoms with van der Waals surface area (Å²) in [7, 11) is -6.75. The number of hydrogen-bond acceptors (Lipinski definition) is 7. The van der Waals surface area contributed by atoms with E-state index in [1.165, 1.54) is 11.1 Å². The summed E-state index contributed by atoms with van der Waals surface area (Å²) in [6, 6.07) is 0. The molecule has 1 rings (SSSR count). The Morgan fingerprint density at radius 3 is 1.75 bits per heavy atom. The molecule has 0 saturated carbocycles. The summed E-state index contributed by atoms with van der Waals surface area (Å²) in [5, 5.41) is 13.0. The number of Topliss-reactive ketones (excluding diaryl/α,β-unsaturated/α-hetero) is 1. The minimum atomic E-state index is -2.39. The minimum Gasteiger partial charge on any atom is -0.481 e. The molecule has 11 heteroatoms. The highest BCUT2D eigenvalue weighted by Crippen LogP contribution is 2.44. The Bertz CT molecular complexity index is 1550. The van der Waals surface area contributed by atoms with Gasteiger partial charge in [-0.1, -0.05) is 114 Å². The third-order valence-electron chi connectivity index (χ3n) is 13.0. The molecule has 0 aliphatic heterocycles. The van der Waals surface area contributed by atoms with Gasteiger partial charge in [0.15, 0.2) is 25.0 Å². The number of hydrogen-bond donors (Lipinski definition) is 1. The highest BCUT2D eigenvalue weighted by Gasteiger charge is 2.50. The molecule has 0 amide bonds. The van der Waals surface area contributed by atoms with E-state index in [-0.39, 0.29) is 45.4 Å². The molecule has 5 atom stereocenters. The first kappa shape index (κ1) is 52.5. The molecular weight excluding hydrogens is 767 g/mol. The Morgan fingerprint density at radius 2 is 1.30 bits per heavy atom. The lowest BCUT2D eigenvalue weighted by Crippen LogP contribution is -2.54. The fourth-order valence-electron chi connectivity index (χ4n) is 5.81. The summed E-state index contributed by atoms with van der Waals surface area (Å²) in [5.41, 5.74) is 2.37. The van der Waals surface area contributed by atoms with Crippen LogP contribution in [0.5, 0.6) is 0 Å². The molecule has 0 aliphatic carbocycles. The second-order valence-corrected chi connectivity index (χ2v) is 36.8. The number of rotatable bonds is 20. The third-order valence-corrected chi connectivity index (χ3v) is 27.3. The van der Waals surface area contributed by atoms with Gasteiger partial charge in [-0.3, -0.25) is 9.59 Å². The molecule has 1 N–H and O–H groups in total. The summed E-state index contributed by atoms with van der Waals surface area (Å²) in [6.45, 7) is 47.4. The van der Waals surface area contributed by atoms with Crippen molar-refractivity contribution in [1.82, 2.24) is 4.98 Å². The van der Waals surface area contributed by atoms with Gasteiger partial charge in [-0.15, -0.1) is 11.3 Å². The van der Waals surface area contributed by atoms with E-state index >= 15 is 0 Å². The van der Waals surface area contributed by atoms with Gasteiger partial charge in [0.1, 0.15) is 5.78 Å². The van der Waals surface area contributed by atoms with E-state index in [1.807, 2.05) is 27.7 Å². The number of allylic oxidation sites excluding steroid dienone is 2. The van der Waals surface area contributed by atoms with Crippen LogP contribution in [-0.2, 0) is 22.9 Å². The maximum absolute atomic E-state index is 14.7. The molecule has 7 nitrogen and oxygen atoms in total. The largest absolute Gasteiger partial charge is 0.481 e. The molecule has 56 heavy (non-hydrogen) atoms. The number of carboxylic acid groups (broad SMARTS) is 1. The normalized spacial score (nSPS) is 17.5. The Labute approximate surface area is 351 Å². The van der Waals surface area contributed by atoms with Crippen LogP contribution < -0.4 is 0 Å². The van der Waals surface area contributed by atoms with Gasteiger partial charge in [-0.25, -0.2) is 4.98 Å². The summed E-state index contributed by atoms with van der Waals surface area (Å²) >= 11 is 1.66. The molecular formula is C45H83NO6SSi3. The SMILES string of the molecule is C/C(=C/C[C@H](O[Si](C)(C)C(C)(C)C)/C(C)=C/c1csc(C)n1)C/C=C\[C@H](C)[C@H](O[Si](C)(C)C(C)(C)C)[C@@H](C)C(=O)C(C)(C)[C@H](CC(=O)O)O[Si](C)(C)C(C)(C)C. The lowest BCUT2D eigenvalue weighted by molar-refractivity contribution is -0.146. The van der Waals surface area contributed by atoms with E-state index in [2.05, 4.69) is 157 Å². The van der Waals surface area contributed by atoms with Crippen molar-refractivity contribution in [2.45, 2.75) is 203 Å². The Hall–Kier alpha value is -1.48. The van der Waals surface area contributed by atoms with Crippen molar-refractivity contribution >= 4 is 54.1 Å². The van der Waals surface area contributed by atoms with E-state index in [1.54, 1.807) is 11.3 Å². The molecule has 1 aromatic heterocycles. The Morgan fingerprint density at radius 1 is 0.821 bits per heavy atom. The van der Waals surface area contributed by atoms with Crippen LogP contribution in [0.3, 0.4) is 0 Å². The van der Waals surface area contributed by atoms with Crippen LogP contribution in [0, 0.1) is 24.2 Å². The van der Waals surface area contributed by atoms with Crippen LogP contribution in [-0.4, -0.2) is 65.1 Å². The van der Waals surface area contributed by atoms with Crippen LogP contribution in [0.4, 0.5) is 0 Å². The van der Waals surface area contributed by atoms with Gasteiger partial charge in [0.25, 0.3) is 0 Å². The number of carbonyl (C=O) groups is 2. The second kappa shape index (κ2) is 19.7. The Balaban J connectivity index is 3.47. The van der Waals surface area contributed by atoms with Gasteiger partial charge in [0, 0.05) is 16.7 Å². The van der Waals surface area contributed by atoms with Crippen molar-refractivity contribution in [2.75, 3.05) is 0 Å². The first-order chi connectivity index (χ1) is 25.0. The zero-order valence-corrected chi connectivity index (χ0v) is 43.6. The van der Waals surface area contributed by atoms with Gasteiger partial charge in [0.2, 0.25) is 0 Å². The average Bonchev–Trinajstić information content (AvgIpc) is 3.42. The van der Waals surface area contributed by atoms with Gasteiger partial charge in [0.05, 0.1) is 35.4 Å². The van der Waals surface area contributed by atoms with Gasteiger partial charge < -0.3 is 18.4 Å². The lowest BCUT2D eigenvalue weighted by Gasteiger charge is -2.46. The number of thiazole rings is 1. The molecule has 0 unspecified atom stereocenters. The zero-order valence-electron chi connectivity index (χ0n) is 39.7. The highest BCUT2D eigenvalue weighted by atomic mass is 32.1. The van der Waals surface area contributed by atoms with Crippen molar-refractivity contribution in [3.63, 3.8) is 0 Å². The number of carboxylic acids is 1. The first-order valence-corrected chi connectivity index (χ1v) is 30.3. The fraction of sp³-hybridized carbons (Fsp3) is 0.756. The average molecular weight is 850 g/mol. The van der Waals surface area contributed by atoms with Crippen LogP contribution in [0.25, 0.3) is 6.08 Å². The molecule has 0 saturated heterocycles. The van der Waals surface area contributed by atoms with E-state index in [0.717, 1.165) is 23.5 Å². The third kappa shape index (κ3) is 15.0. The van der Waals surface area contributed by atoms with Crippen molar-refractivity contribution in [1.29, 1.82) is 0 Å². The van der Waals surface area contributed by atoms with E-state index in [0.29, 0.717) is 0 Å². The van der Waals surface area contributed by atoms with E-state index in [4.69, 9.17) is 13.3 Å². The zero-order chi connectivity index (χ0) is 44.0. The number of aryl methyl sites for hydroxylation is 1. The monoisotopic (exact) mass is 850 g/mol. The second-order valence-electron chi connectivity index (χ2n) is 21.5. The smallest absolute Gasteiger partial charge is 0.305 e. The van der Waals surface area contributed by atoms with E-state index < -0.39 is 48.4 Å². The summed E-state index contributed by atoms with van der Waals surface area (Å²) in [4.78, 5) is 31.5. The molecule has 1 heterocycles. The van der Waals surface area contributed by atoms with Crippen LogP contribution in [0.1, 0.15) is 134 Å². The maximum Gasteiger partial charge on any atom is 0.305 e. The standard InChI is InChI=1S/C45H83NO6SSi3/c1-31(26-27-37(50-54(17,18)42(6,7)8)33(3)28-36-30-53-35(5)46-36)24-23-25-32(2)40(52-56(21,22)44(12,13)14)34(4)41(49)45(15,16)38(29-39(47)48)51-55(19,20)43(9,10)11/h23,25-26,28,30,32,34,37-38,40H,24,27,29H2,1-22H3,(H,47,48)/b25-23-,31-26-,33-28+/t32-,34+,37-,38-,40-/m0/s1. The maximum atomic E-state index is 14.7. The van der Waals surface area contributed by atoms with Crippen molar-refractivity contribution < 1.29 is 28.0 Å². The van der Waals surface area contributed by atoms with Gasteiger partial charge in [-0.05, 0) is 106 Å². The van der Waals surface area contributed by atoms with Crippen LogP contribution in [0.2, 0.25) is 54.4 Å². The summed E-state index contributed by atoms with van der Waals surface area (Å²) in [5.74, 6) is -1.53. The molecule has 0 bridgehead atoms. The quantitative estimate of drug-likeness (QED) is 0.103. The number of aromatic nitrogens is 1. The highest BCUT2D eigenvalue weighted by molar-refractivity contribution is 7.09. The van der Waals surface area contributed by atoms with Crippen LogP contribution >= 0.6 is 11.3 Å². The number of aliphatic carboxylic acids is 1. The Kier molecular flexibility index (Phi) is 18.5. The van der Waals surface area contributed by atoms with Crippen LogP contribution in [0.15, 0.2) is 34.8 Å². The van der Waals surface area contributed by atoms with Crippen molar-refractivity contribution in [3.05, 3.63) is 45.5 Å². The number of ketones is 1.